The molecule has 3 heteroatoms. The van der Waals surface area contributed by atoms with Crippen molar-refractivity contribution in [3.05, 3.63) is 144 Å². The summed E-state index contributed by atoms with van der Waals surface area (Å²) in [6.45, 7) is 4.48. The minimum absolute atomic E-state index is 0.644. The summed E-state index contributed by atoms with van der Waals surface area (Å²) in [5.74, 6) is 0. The fraction of sp³-hybridized carbons (Fsp3) is 0.0488. The van der Waals surface area contributed by atoms with Crippen molar-refractivity contribution >= 4 is 43.4 Å². The number of aryl methyl sites for hydroxylation is 2. The predicted molar refractivity (Wildman–Crippen MR) is 183 cm³/mol. The van der Waals surface area contributed by atoms with E-state index in [-0.39, 0.29) is 0 Å². The number of rotatable bonds is 3. The van der Waals surface area contributed by atoms with Crippen LogP contribution in [-0.2, 0) is 0 Å². The molecule has 8 aromatic rings. The Balaban J connectivity index is 1.58. The average molecular weight is 562 g/mol. The van der Waals surface area contributed by atoms with Gasteiger partial charge in [-0.05, 0) is 71.1 Å². The van der Waals surface area contributed by atoms with Crippen LogP contribution in [0.5, 0.6) is 0 Å². The molecule has 0 aliphatic rings. The number of hydrogen-bond acceptors (Lipinski definition) is 3. The molecular weight excluding hydrogens is 534 g/mol. The van der Waals surface area contributed by atoms with Gasteiger partial charge < -0.3 is 0 Å². The zero-order chi connectivity index (χ0) is 29.8. The second-order valence-electron chi connectivity index (χ2n) is 11.3. The normalized spacial score (nSPS) is 11.4. The molecule has 0 fully saturated rings. The first kappa shape index (κ1) is 25.8. The van der Waals surface area contributed by atoms with Crippen LogP contribution >= 0.6 is 0 Å². The molecule has 0 atom stereocenters. The molecule has 0 N–H and O–H groups in total. The van der Waals surface area contributed by atoms with Gasteiger partial charge in [-0.2, -0.15) is 5.26 Å². The molecule has 8 rings (SSSR count). The average Bonchev–Trinajstić information content (AvgIpc) is 3.09. The second-order valence-corrected chi connectivity index (χ2v) is 11.3. The van der Waals surface area contributed by atoms with E-state index >= 15 is 0 Å². The molecule has 0 aliphatic heterocycles. The lowest BCUT2D eigenvalue weighted by Gasteiger charge is -2.21. The molecule has 2 heterocycles. The van der Waals surface area contributed by atoms with Crippen molar-refractivity contribution in [1.29, 1.82) is 5.26 Å². The van der Waals surface area contributed by atoms with Gasteiger partial charge in [-0.3, -0.25) is 0 Å². The molecule has 0 amide bonds. The van der Waals surface area contributed by atoms with E-state index in [4.69, 9.17) is 9.97 Å². The summed E-state index contributed by atoms with van der Waals surface area (Å²) in [5.41, 5.74) is 11.1. The van der Waals surface area contributed by atoms with Crippen molar-refractivity contribution in [2.75, 3.05) is 0 Å². The van der Waals surface area contributed by atoms with Gasteiger partial charge >= 0.3 is 0 Å². The van der Waals surface area contributed by atoms with Crippen LogP contribution < -0.4 is 0 Å². The Bertz CT molecular complexity index is 2450. The first-order valence-electron chi connectivity index (χ1n) is 14.8. The third kappa shape index (κ3) is 3.96. The summed E-state index contributed by atoms with van der Waals surface area (Å²) in [4.78, 5) is 10.7. The first-order valence-corrected chi connectivity index (χ1v) is 14.8. The maximum Gasteiger partial charge on any atom is 0.0991 e. The topological polar surface area (TPSA) is 49.6 Å². The van der Waals surface area contributed by atoms with E-state index in [9.17, 15) is 5.26 Å². The molecule has 0 saturated heterocycles. The maximum absolute atomic E-state index is 9.51. The van der Waals surface area contributed by atoms with E-state index in [0.29, 0.717) is 5.56 Å². The molecule has 0 unspecified atom stereocenters. The van der Waals surface area contributed by atoms with Crippen molar-refractivity contribution < 1.29 is 0 Å². The molecule has 0 saturated carbocycles. The van der Waals surface area contributed by atoms with Crippen LogP contribution in [0.3, 0.4) is 0 Å². The largest absolute Gasteiger partial charge is 0.247 e. The fourth-order valence-electron chi connectivity index (χ4n) is 6.79. The lowest BCUT2D eigenvalue weighted by atomic mass is 9.85. The number of aromatic nitrogens is 2. The smallest absolute Gasteiger partial charge is 0.0991 e. The van der Waals surface area contributed by atoms with Crippen LogP contribution in [0.2, 0.25) is 0 Å². The lowest BCUT2D eigenvalue weighted by Crippen LogP contribution is -1.99. The molecule has 0 radical (unpaired) electrons. The number of para-hydroxylation sites is 1. The standard InChI is InChI=1S/C41H27N3/c1-25-36-32-18-9-10-19-34(32)43-40(28-13-5-3-6-14-28)38(36)26(2)37-33-21-20-31(30-17-11-12-27(22-30)24-42)23-35(33)44-41(39(25)37)29-15-7-4-8-16-29/h3-23H,1-2H3. The van der Waals surface area contributed by atoms with Crippen LogP contribution in [0.15, 0.2) is 127 Å². The monoisotopic (exact) mass is 561 g/mol. The number of hydrogen-bond donors (Lipinski definition) is 0. The van der Waals surface area contributed by atoms with Crippen molar-refractivity contribution in [1.82, 2.24) is 9.97 Å². The van der Waals surface area contributed by atoms with E-state index in [2.05, 4.69) is 117 Å². The maximum atomic E-state index is 9.51. The van der Waals surface area contributed by atoms with Gasteiger partial charge in [-0.15, -0.1) is 0 Å². The number of fused-ring (bicyclic) bond motifs is 6. The van der Waals surface area contributed by atoms with Crippen LogP contribution in [0.25, 0.3) is 77.0 Å². The molecule has 206 valence electrons. The molecule has 6 aromatic carbocycles. The summed E-state index contributed by atoms with van der Waals surface area (Å²) in [7, 11) is 0. The molecule has 44 heavy (non-hydrogen) atoms. The zero-order valence-electron chi connectivity index (χ0n) is 24.5. The minimum atomic E-state index is 0.644. The third-order valence-electron chi connectivity index (χ3n) is 8.80. The number of pyridine rings is 2. The first-order chi connectivity index (χ1) is 21.6. The van der Waals surface area contributed by atoms with E-state index in [0.717, 1.165) is 55.4 Å². The Labute approximate surface area is 255 Å². The highest BCUT2D eigenvalue weighted by Gasteiger charge is 2.22. The van der Waals surface area contributed by atoms with Gasteiger partial charge in [0.2, 0.25) is 0 Å². The Hall–Kier alpha value is -5.85. The molecular formula is C41H27N3. The van der Waals surface area contributed by atoms with Gasteiger partial charge in [0.25, 0.3) is 0 Å². The molecule has 0 aliphatic carbocycles. The van der Waals surface area contributed by atoms with Gasteiger partial charge in [0.15, 0.2) is 0 Å². The highest BCUT2D eigenvalue weighted by molar-refractivity contribution is 6.25. The quantitative estimate of drug-likeness (QED) is 0.159. The Kier molecular flexibility index (Phi) is 5.96. The summed E-state index contributed by atoms with van der Waals surface area (Å²) in [6, 6.07) is 46.0. The van der Waals surface area contributed by atoms with E-state index in [1.165, 1.54) is 32.7 Å². The minimum Gasteiger partial charge on any atom is -0.247 e. The Morgan fingerprint density at radius 3 is 1.61 bits per heavy atom. The van der Waals surface area contributed by atoms with Gasteiger partial charge in [-0.1, -0.05) is 103 Å². The highest BCUT2D eigenvalue weighted by atomic mass is 14.7. The van der Waals surface area contributed by atoms with E-state index in [1.54, 1.807) is 0 Å². The zero-order valence-corrected chi connectivity index (χ0v) is 24.5. The van der Waals surface area contributed by atoms with Crippen molar-refractivity contribution in [2.24, 2.45) is 0 Å². The number of benzene rings is 6. The Morgan fingerprint density at radius 2 is 0.977 bits per heavy atom. The summed E-state index contributed by atoms with van der Waals surface area (Å²) in [5, 5.41) is 16.5. The van der Waals surface area contributed by atoms with Crippen LogP contribution in [0, 0.1) is 25.2 Å². The van der Waals surface area contributed by atoms with Crippen molar-refractivity contribution in [3.8, 4) is 39.7 Å². The van der Waals surface area contributed by atoms with Crippen molar-refractivity contribution in [3.63, 3.8) is 0 Å². The van der Waals surface area contributed by atoms with Gasteiger partial charge in [0.1, 0.15) is 0 Å². The van der Waals surface area contributed by atoms with Crippen LogP contribution in [0.1, 0.15) is 16.7 Å². The van der Waals surface area contributed by atoms with Gasteiger partial charge in [0.05, 0.1) is 34.1 Å². The molecule has 2 aromatic heterocycles. The molecule has 0 spiro atoms. The molecule has 0 bridgehead atoms. The summed E-state index contributed by atoms with van der Waals surface area (Å²) < 4.78 is 0. The highest BCUT2D eigenvalue weighted by Crippen LogP contribution is 2.45. The van der Waals surface area contributed by atoms with Gasteiger partial charge in [0, 0.05) is 32.7 Å². The number of nitrogens with zero attached hydrogens (tertiary/aromatic N) is 3. The predicted octanol–water partition coefficient (Wildman–Crippen LogP) is 10.6. The van der Waals surface area contributed by atoms with E-state index < -0.39 is 0 Å². The van der Waals surface area contributed by atoms with Crippen LogP contribution in [-0.4, -0.2) is 9.97 Å². The summed E-state index contributed by atoms with van der Waals surface area (Å²) >= 11 is 0. The Morgan fingerprint density at radius 1 is 0.455 bits per heavy atom. The number of nitriles is 1. The SMILES string of the molecule is Cc1c2c(-c3ccccc3)nc3cc(-c4cccc(C#N)c4)ccc3c2c(C)c2c(-c3ccccc3)nc3ccccc3c12. The second kappa shape index (κ2) is 10.2. The fourth-order valence-corrected chi connectivity index (χ4v) is 6.79. The van der Waals surface area contributed by atoms with Crippen molar-refractivity contribution in [2.45, 2.75) is 13.8 Å². The summed E-state index contributed by atoms with van der Waals surface area (Å²) in [6.07, 6.45) is 0. The van der Waals surface area contributed by atoms with Gasteiger partial charge in [-0.25, -0.2) is 9.97 Å². The van der Waals surface area contributed by atoms with Crippen LogP contribution in [0.4, 0.5) is 0 Å². The lowest BCUT2D eigenvalue weighted by molar-refractivity contribution is 1.39. The molecule has 3 nitrogen and oxygen atoms in total. The van der Waals surface area contributed by atoms with E-state index in [1.807, 2.05) is 30.3 Å². The third-order valence-corrected chi connectivity index (χ3v) is 8.80.